The molecule has 3 nitrogen and oxygen atoms in total. The summed E-state index contributed by atoms with van der Waals surface area (Å²) >= 11 is 1.77. The molecule has 0 unspecified atom stereocenters. The largest absolute Gasteiger partial charge is 0.341 e. The van der Waals surface area contributed by atoms with Crippen LogP contribution in [0.15, 0.2) is 36.5 Å². The highest BCUT2D eigenvalue weighted by Crippen LogP contribution is 2.32. The number of fused-ring (bicyclic) bond motifs is 1. The molecule has 4 heteroatoms. The summed E-state index contributed by atoms with van der Waals surface area (Å²) in [5.41, 5.74) is 2.14. The van der Waals surface area contributed by atoms with Crippen molar-refractivity contribution in [2.24, 2.45) is 5.92 Å². The van der Waals surface area contributed by atoms with Gasteiger partial charge in [0.25, 0.3) is 0 Å². The van der Waals surface area contributed by atoms with Gasteiger partial charge in [0, 0.05) is 25.2 Å². The highest BCUT2D eigenvalue weighted by molar-refractivity contribution is 7.99. The molecule has 0 aliphatic heterocycles. The fourth-order valence-electron chi connectivity index (χ4n) is 2.36. The van der Waals surface area contributed by atoms with Gasteiger partial charge in [-0.25, -0.2) is 0 Å². The summed E-state index contributed by atoms with van der Waals surface area (Å²) in [4.78, 5) is 18.4. The first-order chi connectivity index (χ1) is 10.2. The maximum atomic E-state index is 12.2. The Bertz CT molecular complexity index is 634. The van der Waals surface area contributed by atoms with Crippen LogP contribution in [0, 0.1) is 5.92 Å². The number of carbonyl (C=O) groups excluding carboxylic acids is 1. The lowest BCUT2D eigenvalue weighted by Crippen LogP contribution is -2.28. The Morgan fingerprint density at radius 1 is 1.33 bits per heavy atom. The van der Waals surface area contributed by atoms with E-state index in [1.807, 2.05) is 30.1 Å². The van der Waals surface area contributed by atoms with Crippen LogP contribution in [-0.2, 0) is 11.3 Å². The Hall–Kier alpha value is -1.55. The minimum absolute atomic E-state index is 0.210. The summed E-state index contributed by atoms with van der Waals surface area (Å²) < 4.78 is 0. The third kappa shape index (κ3) is 3.76. The smallest absolute Gasteiger partial charge is 0.232 e. The Morgan fingerprint density at radius 2 is 2.19 bits per heavy atom. The van der Waals surface area contributed by atoms with E-state index in [2.05, 4.69) is 17.1 Å². The second-order valence-corrected chi connectivity index (χ2v) is 6.73. The number of nitrogens with zero attached hydrogens (tertiary/aromatic N) is 2. The Kier molecular flexibility index (Phi) is 4.44. The number of rotatable bonds is 6. The van der Waals surface area contributed by atoms with Crippen LogP contribution in [0.1, 0.15) is 18.4 Å². The summed E-state index contributed by atoms with van der Waals surface area (Å²) in [6.07, 6.45) is 4.50. The molecule has 110 valence electrons. The van der Waals surface area contributed by atoms with E-state index in [1.54, 1.807) is 18.0 Å². The van der Waals surface area contributed by atoms with Gasteiger partial charge in [-0.15, -0.1) is 0 Å². The molecule has 1 aliphatic carbocycles. The molecule has 1 heterocycles. The zero-order valence-corrected chi connectivity index (χ0v) is 13.1. The van der Waals surface area contributed by atoms with E-state index in [9.17, 15) is 4.79 Å². The Labute approximate surface area is 129 Å². The molecule has 0 radical (unpaired) electrons. The number of hydrogen-bond acceptors (Lipinski definition) is 3. The van der Waals surface area contributed by atoms with Crippen molar-refractivity contribution in [1.29, 1.82) is 0 Å². The van der Waals surface area contributed by atoms with E-state index < -0.39 is 0 Å². The molecule has 1 aliphatic rings. The highest BCUT2D eigenvalue weighted by Gasteiger charge is 2.21. The summed E-state index contributed by atoms with van der Waals surface area (Å²) in [6.45, 7) is 0.645. The number of pyridine rings is 1. The zero-order valence-electron chi connectivity index (χ0n) is 12.3. The molecule has 1 amide bonds. The first-order valence-corrected chi connectivity index (χ1v) is 8.54. The molecular weight excluding hydrogens is 280 g/mol. The van der Waals surface area contributed by atoms with Crippen molar-refractivity contribution in [2.45, 2.75) is 19.4 Å². The lowest BCUT2D eigenvalue weighted by Gasteiger charge is -2.18. The van der Waals surface area contributed by atoms with Crippen LogP contribution in [0.25, 0.3) is 10.9 Å². The van der Waals surface area contributed by atoms with E-state index in [1.165, 1.54) is 12.8 Å². The first-order valence-electron chi connectivity index (χ1n) is 7.38. The molecule has 2 aromatic rings. The molecule has 0 N–H and O–H groups in total. The monoisotopic (exact) mass is 300 g/mol. The highest BCUT2D eigenvalue weighted by atomic mass is 32.2. The molecule has 0 saturated heterocycles. The molecule has 21 heavy (non-hydrogen) atoms. The van der Waals surface area contributed by atoms with Crippen molar-refractivity contribution in [3.63, 3.8) is 0 Å². The van der Waals surface area contributed by atoms with Crippen LogP contribution >= 0.6 is 11.8 Å². The van der Waals surface area contributed by atoms with Crippen molar-refractivity contribution in [3.8, 4) is 0 Å². The number of carbonyl (C=O) groups is 1. The van der Waals surface area contributed by atoms with Gasteiger partial charge in [-0.3, -0.25) is 9.78 Å². The number of benzene rings is 1. The average molecular weight is 300 g/mol. The SMILES string of the molecule is CN(Cc1cccc2ncccc12)C(=O)CSCC1CC1. The zero-order chi connectivity index (χ0) is 14.7. The number of thioether (sulfide) groups is 1. The molecule has 1 fully saturated rings. The molecule has 1 aromatic heterocycles. The summed E-state index contributed by atoms with van der Waals surface area (Å²) in [5, 5.41) is 1.13. The second-order valence-electron chi connectivity index (χ2n) is 5.70. The van der Waals surface area contributed by atoms with Gasteiger partial charge >= 0.3 is 0 Å². The first kappa shape index (κ1) is 14.4. The lowest BCUT2D eigenvalue weighted by atomic mass is 10.1. The minimum atomic E-state index is 0.210. The van der Waals surface area contributed by atoms with Gasteiger partial charge in [0.2, 0.25) is 5.91 Å². The van der Waals surface area contributed by atoms with Crippen LogP contribution in [0.4, 0.5) is 0 Å². The fourth-order valence-corrected chi connectivity index (χ4v) is 3.54. The predicted molar refractivity (Wildman–Crippen MR) is 88.3 cm³/mol. The normalized spacial score (nSPS) is 14.3. The molecule has 0 spiro atoms. The van der Waals surface area contributed by atoms with Crippen molar-refractivity contribution in [3.05, 3.63) is 42.1 Å². The lowest BCUT2D eigenvalue weighted by molar-refractivity contribution is -0.127. The number of amides is 1. The van der Waals surface area contributed by atoms with Gasteiger partial charge in [0.15, 0.2) is 0 Å². The number of aromatic nitrogens is 1. The van der Waals surface area contributed by atoms with Gasteiger partial charge in [-0.1, -0.05) is 18.2 Å². The third-order valence-corrected chi connectivity index (χ3v) is 5.00. The number of hydrogen-bond donors (Lipinski definition) is 0. The summed E-state index contributed by atoms with van der Waals surface area (Å²) in [5.74, 6) is 2.81. The summed E-state index contributed by atoms with van der Waals surface area (Å²) in [7, 11) is 1.88. The topological polar surface area (TPSA) is 33.2 Å². The maximum absolute atomic E-state index is 12.2. The minimum Gasteiger partial charge on any atom is -0.341 e. The van der Waals surface area contributed by atoms with Crippen LogP contribution in [0.2, 0.25) is 0 Å². The standard InChI is InChI=1S/C17H20N2OS/c1-19(17(20)12-21-11-13-7-8-13)10-14-4-2-6-16-15(14)5-3-9-18-16/h2-6,9,13H,7-8,10-12H2,1H3. The van der Waals surface area contributed by atoms with E-state index >= 15 is 0 Å². The van der Waals surface area contributed by atoms with Crippen molar-refractivity contribution in [1.82, 2.24) is 9.88 Å². The van der Waals surface area contributed by atoms with Gasteiger partial charge in [0.1, 0.15) is 0 Å². The Morgan fingerprint density at radius 3 is 3.00 bits per heavy atom. The quantitative estimate of drug-likeness (QED) is 0.820. The van der Waals surface area contributed by atoms with E-state index in [0.29, 0.717) is 12.3 Å². The van der Waals surface area contributed by atoms with Crippen LogP contribution in [-0.4, -0.2) is 34.3 Å². The van der Waals surface area contributed by atoms with Gasteiger partial charge in [0.05, 0.1) is 11.3 Å². The van der Waals surface area contributed by atoms with Gasteiger partial charge in [-0.05, 0) is 42.2 Å². The van der Waals surface area contributed by atoms with Gasteiger partial charge in [-0.2, -0.15) is 11.8 Å². The fraction of sp³-hybridized carbons (Fsp3) is 0.412. The maximum Gasteiger partial charge on any atom is 0.232 e. The van der Waals surface area contributed by atoms with E-state index in [-0.39, 0.29) is 5.91 Å². The third-order valence-electron chi connectivity index (χ3n) is 3.85. The van der Waals surface area contributed by atoms with E-state index in [4.69, 9.17) is 0 Å². The molecule has 0 bridgehead atoms. The van der Waals surface area contributed by atoms with Crippen molar-refractivity contribution in [2.75, 3.05) is 18.6 Å². The van der Waals surface area contributed by atoms with Crippen LogP contribution in [0.3, 0.4) is 0 Å². The molecular formula is C17H20N2OS. The molecule has 1 saturated carbocycles. The van der Waals surface area contributed by atoms with Crippen molar-refractivity contribution < 1.29 is 4.79 Å². The summed E-state index contributed by atoms with van der Waals surface area (Å²) in [6, 6.07) is 10.1. The van der Waals surface area contributed by atoms with Gasteiger partial charge < -0.3 is 4.90 Å². The predicted octanol–water partition coefficient (Wildman–Crippen LogP) is 3.34. The van der Waals surface area contributed by atoms with Crippen LogP contribution < -0.4 is 0 Å². The second kappa shape index (κ2) is 6.48. The molecule has 3 rings (SSSR count). The van der Waals surface area contributed by atoms with E-state index in [0.717, 1.165) is 28.1 Å². The molecule has 0 atom stereocenters. The Balaban J connectivity index is 1.62. The van der Waals surface area contributed by atoms with Crippen molar-refractivity contribution >= 4 is 28.6 Å². The molecule has 1 aromatic carbocycles. The van der Waals surface area contributed by atoms with Crippen LogP contribution in [0.5, 0.6) is 0 Å². The average Bonchev–Trinajstić information content (AvgIpc) is 3.32.